The predicted octanol–water partition coefficient (Wildman–Crippen LogP) is 4.11. The zero-order chi connectivity index (χ0) is 19.8. The number of hydrogen-bond donors (Lipinski definition) is 2. The van der Waals surface area contributed by atoms with Crippen molar-refractivity contribution in [1.29, 1.82) is 0 Å². The molecule has 160 valence electrons. The lowest BCUT2D eigenvalue weighted by Crippen LogP contribution is -2.42. The molecule has 1 atom stereocenters. The molecule has 1 saturated heterocycles. The molecule has 2 N–H and O–H groups in total. The molecule has 7 heteroatoms. The van der Waals surface area contributed by atoms with Gasteiger partial charge in [0.05, 0.1) is 26.0 Å². The number of nitrogens with zero attached hydrogens (tertiary/aromatic N) is 2. The largest absolute Gasteiger partial charge is 0.496 e. The van der Waals surface area contributed by atoms with Gasteiger partial charge in [0.15, 0.2) is 5.96 Å². The maximum Gasteiger partial charge on any atom is 0.191 e. The zero-order valence-corrected chi connectivity index (χ0v) is 19.9. The van der Waals surface area contributed by atoms with Crippen molar-refractivity contribution in [2.24, 2.45) is 4.99 Å². The van der Waals surface area contributed by atoms with Crippen LogP contribution in [-0.2, 0) is 6.54 Å². The van der Waals surface area contributed by atoms with E-state index >= 15 is 0 Å². The van der Waals surface area contributed by atoms with Gasteiger partial charge in [-0.2, -0.15) is 0 Å². The number of guanidine groups is 1. The van der Waals surface area contributed by atoms with E-state index < -0.39 is 0 Å². The smallest absolute Gasteiger partial charge is 0.191 e. The van der Waals surface area contributed by atoms with Crippen LogP contribution >= 0.6 is 24.0 Å². The van der Waals surface area contributed by atoms with Crippen LogP contribution in [0.3, 0.4) is 0 Å². The Morgan fingerprint density at radius 1 is 1.24 bits per heavy atom. The number of ether oxygens (including phenoxy) is 1. The highest BCUT2D eigenvalue weighted by Gasteiger charge is 2.25. The number of halogens is 1. The first kappa shape index (κ1) is 23.5. The van der Waals surface area contributed by atoms with Crippen LogP contribution in [0.1, 0.15) is 42.7 Å². The minimum absolute atomic E-state index is 0. The van der Waals surface area contributed by atoms with E-state index in [2.05, 4.69) is 47.6 Å². The van der Waals surface area contributed by atoms with Crippen LogP contribution < -0.4 is 15.4 Å². The van der Waals surface area contributed by atoms with Crippen LogP contribution in [0.25, 0.3) is 0 Å². The van der Waals surface area contributed by atoms with Crippen molar-refractivity contribution < 1.29 is 9.15 Å². The monoisotopic (exact) mass is 512 g/mol. The summed E-state index contributed by atoms with van der Waals surface area (Å²) in [6, 6.07) is 10.5. The van der Waals surface area contributed by atoms with Gasteiger partial charge >= 0.3 is 0 Å². The standard InChI is InChI=1S/C22H32N4O2.HI/c1-4-23-22(24-15-18-10-9-17(2)14-21(18)27-3)25-16-19(20-8-7-13-28-20)26-11-5-6-12-26;/h7-10,13-14,19H,4-6,11-12,15-16H2,1-3H3,(H2,23,24,25);1H. The summed E-state index contributed by atoms with van der Waals surface area (Å²) >= 11 is 0. The molecular weight excluding hydrogens is 479 g/mol. The molecule has 0 saturated carbocycles. The first-order valence-corrected chi connectivity index (χ1v) is 10.1. The fourth-order valence-corrected chi connectivity index (χ4v) is 3.63. The lowest BCUT2D eigenvalue weighted by Gasteiger charge is -2.26. The Hall–Kier alpha value is -1.74. The minimum Gasteiger partial charge on any atom is -0.496 e. The molecule has 1 aromatic carbocycles. The van der Waals surface area contributed by atoms with E-state index in [0.717, 1.165) is 49.2 Å². The van der Waals surface area contributed by atoms with E-state index in [-0.39, 0.29) is 30.0 Å². The van der Waals surface area contributed by atoms with Gasteiger partial charge in [-0.25, -0.2) is 4.99 Å². The molecule has 2 aromatic rings. The van der Waals surface area contributed by atoms with Crippen LogP contribution in [-0.4, -0.2) is 44.1 Å². The number of furan rings is 1. The van der Waals surface area contributed by atoms with Crippen molar-refractivity contribution in [2.45, 2.75) is 39.3 Å². The van der Waals surface area contributed by atoms with Gasteiger partial charge in [-0.3, -0.25) is 4.90 Å². The molecule has 1 unspecified atom stereocenters. The summed E-state index contributed by atoms with van der Waals surface area (Å²) in [5.74, 6) is 2.69. The Morgan fingerprint density at radius 2 is 2.03 bits per heavy atom. The summed E-state index contributed by atoms with van der Waals surface area (Å²) in [4.78, 5) is 7.25. The number of aliphatic imine (C=N–C) groups is 1. The van der Waals surface area contributed by atoms with E-state index in [1.165, 1.54) is 18.4 Å². The predicted molar refractivity (Wildman–Crippen MR) is 128 cm³/mol. The third kappa shape index (κ3) is 6.64. The Kier molecular flexibility index (Phi) is 9.80. The second-order valence-electron chi connectivity index (χ2n) is 7.17. The summed E-state index contributed by atoms with van der Waals surface area (Å²) in [7, 11) is 1.70. The maximum atomic E-state index is 5.71. The van der Waals surface area contributed by atoms with Crippen molar-refractivity contribution in [2.75, 3.05) is 33.3 Å². The quantitative estimate of drug-likeness (QED) is 0.317. The normalized spacial score (nSPS) is 15.6. The van der Waals surface area contributed by atoms with Gasteiger partial charge in [0.1, 0.15) is 11.5 Å². The van der Waals surface area contributed by atoms with Crippen LogP contribution in [0.5, 0.6) is 5.75 Å². The number of rotatable bonds is 8. The van der Waals surface area contributed by atoms with Gasteiger partial charge in [-0.15, -0.1) is 24.0 Å². The zero-order valence-electron chi connectivity index (χ0n) is 17.6. The highest BCUT2D eigenvalue weighted by Crippen LogP contribution is 2.25. The molecule has 3 rings (SSSR count). The summed E-state index contributed by atoms with van der Waals surface area (Å²) in [5, 5.41) is 6.84. The molecule has 1 aromatic heterocycles. The molecule has 6 nitrogen and oxygen atoms in total. The first-order valence-electron chi connectivity index (χ1n) is 10.1. The average Bonchev–Trinajstić information content (AvgIpc) is 3.41. The molecule has 0 spiro atoms. The van der Waals surface area contributed by atoms with Crippen molar-refractivity contribution in [3.05, 3.63) is 53.5 Å². The Labute approximate surface area is 191 Å². The van der Waals surface area contributed by atoms with Crippen LogP contribution in [0.2, 0.25) is 0 Å². The van der Waals surface area contributed by atoms with Gasteiger partial charge in [0.25, 0.3) is 0 Å². The molecule has 0 radical (unpaired) electrons. The number of aryl methyl sites for hydroxylation is 1. The average molecular weight is 512 g/mol. The third-order valence-corrected chi connectivity index (χ3v) is 5.11. The second-order valence-corrected chi connectivity index (χ2v) is 7.17. The highest BCUT2D eigenvalue weighted by molar-refractivity contribution is 14.0. The lowest BCUT2D eigenvalue weighted by molar-refractivity contribution is 0.215. The molecule has 1 aliphatic heterocycles. The van der Waals surface area contributed by atoms with Crippen molar-refractivity contribution >= 4 is 29.9 Å². The van der Waals surface area contributed by atoms with Crippen molar-refractivity contribution in [3.63, 3.8) is 0 Å². The molecule has 29 heavy (non-hydrogen) atoms. The molecule has 1 fully saturated rings. The highest BCUT2D eigenvalue weighted by atomic mass is 127. The number of likely N-dealkylation sites (tertiary alicyclic amines) is 1. The molecular formula is C22H33IN4O2. The fraction of sp³-hybridized carbons (Fsp3) is 0.500. The minimum atomic E-state index is 0. The first-order chi connectivity index (χ1) is 13.7. The van der Waals surface area contributed by atoms with E-state index in [4.69, 9.17) is 14.1 Å². The molecule has 0 amide bonds. The Morgan fingerprint density at radius 3 is 2.69 bits per heavy atom. The van der Waals surface area contributed by atoms with Gasteiger partial charge in [-0.05, 0) is 63.5 Å². The Balaban J connectivity index is 0.00000300. The maximum absolute atomic E-state index is 5.71. The SMILES string of the molecule is CCNC(=NCc1ccc(C)cc1OC)NCC(c1ccco1)N1CCCC1.I. The molecule has 0 aliphatic carbocycles. The number of nitrogens with one attached hydrogen (secondary N) is 2. The molecule has 1 aliphatic rings. The summed E-state index contributed by atoms with van der Waals surface area (Å²) < 4.78 is 11.2. The van der Waals surface area contributed by atoms with Gasteiger partial charge in [0, 0.05) is 18.7 Å². The van der Waals surface area contributed by atoms with E-state index in [9.17, 15) is 0 Å². The van der Waals surface area contributed by atoms with E-state index in [0.29, 0.717) is 6.54 Å². The van der Waals surface area contributed by atoms with Crippen LogP contribution in [0, 0.1) is 6.92 Å². The lowest BCUT2D eigenvalue weighted by atomic mass is 10.1. The summed E-state index contributed by atoms with van der Waals surface area (Å²) in [6.07, 6.45) is 4.25. The van der Waals surface area contributed by atoms with Gasteiger partial charge in [-0.1, -0.05) is 12.1 Å². The molecule has 0 bridgehead atoms. The Bertz CT molecular complexity index is 758. The van der Waals surface area contributed by atoms with Gasteiger partial charge < -0.3 is 19.8 Å². The number of hydrogen-bond acceptors (Lipinski definition) is 4. The van der Waals surface area contributed by atoms with Crippen molar-refractivity contribution in [1.82, 2.24) is 15.5 Å². The summed E-state index contributed by atoms with van der Waals surface area (Å²) in [5.41, 5.74) is 2.26. The van der Waals surface area contributed by atoms with Gasteiger partial charge in [0.2, 0.25) is 0 Å². The number of methoxy groups -OCH3 is 1. The van der Waals surface area contributed by atoms with Crippen molar-refractivity contribution in [3.8, 4) is 5.75 Å². The third-order valence-electron chi connectivity index (χ3n) is 5.11. The fourth-order valence-electron chi connectivity index (χ4n) is 3.63. The van der Waals surface area contributed by atoms with Crippen LogP contribution in [0.4, 0.5) is 0 Å². The van der Waals surface area contributed by atoms with E-state index in [1.807, 2.05) is 12.1 Å². The molecule has 2 heterocycles. The number of benzene rings is 1. The summed E-state index contributed by atoms with van der Waals surface area (Å²) in [6.45, 7) is 8.50. The topological polar surface area (TPSA) is 62.0 Å². The van der Waals surface area contributed by atoms with E-state index in [1.54, 1.807) is 13.4 Å². The van der Waals surface area contributed by atoms with Crippen LogP contribution in [0.15, 0.2) is 46.0 Å². The second kappa shape index (κ2) is 12.1.